The summed E-state index contributed by atoms with van der Waals surface area (Å²) in [5, 5.41) is 10.9. The van der Waals surface area contributed by atoms with Crippen molar-refractivity contribution in [2.75, 3.05) is 0 Å². The second kappa shape index (κ2) is 5.70. The molecule has 0 aliphatic rings. The van der Waals surface area contributed by atoms with Crippen LogP contribution in [-0.4, -0.2) is 9.67 Å². The van der Waals surface area contributed by atoms with E-state index in [4.69, 9.17) is 0 Å². The van der Waals surface area contributed by atoms with Crippen molar-refractivity contribution in [3.63, 3.8) is 0 Å². The van der Waals surface area contributed by atoms with Crippen LogP contribution in [0.5, 0.6) is 5.75 Å². The largest absolute Gasteiger partial charge is 0.504 e. The summed E-state index contributed by atoms with van der Waals surface area (Å²) in [5.41, 5.74) is 3.00. The van der Waals surface area contributed by atoms with Gasteiger partial charge in [-0.3, -0.25) is 0 Å². The first-order chi connectivity index (χ1) is 10.4. The minimum Gasteiger partial charge on any atom is -0.504 e. The van der Waals surface area contributed by atoms with E-state index < -0.39 is 0 Å². The SMILES string of the molecule is CC(C)[n+]1ccn(-c2cc(C(C)(C)C)cc(C(C)(C)C)c2O)c1. The van der Waals surface area contributed by atoms with Crippen molar-refractivity contribution in [3.05, 3.63) is 42.0 Å². The number of benzene rings is 1. The molecule has 0 fully saturated rings. The van der Waals surface area contributed by atoms with Crippen molar-refractivity contribution in [3.8, 4) is 11.4 Å². The summed E-state index contributed by atoms with van der Waals surface area (Å²) in [6.07, 6.45) is 6.09. The van der Waals surface area contributed by atoms with Crippen molar-refractivity contribution < 1.29 is 9.67 Å². The fraction of sp³-hybridized carbons (Fsp3) is 0.550. The van der Waals surface area contributed by atoms with Crippen LogP contribution < -0.4 is 4.57 Å². The van der Waals surface area contributed by atoms with Gasteiger partial charge in [-0.15, -0.1) is 0 Å². The van der Waals surface area contributed by atoms with E-state index in [1.54, 1.807) is 0 Å². The third-order valence-corrected chi connectivity index (χ3v) is 4.30. The molecule has 0 spiro atoms. The Morgan fingerprint density at radius 1 is 1.00 bits per heavy atom. The molecular formula is C20H31N2O+. The number of imidazole rings is 1. The van der Waals surface area contributed by atoms with Gasteiger partial charge < -0.3 is 5.11 Å². The van der Waals surface area contributed by atoms with Gasteiger partial charge in [0, 0.05) is 5.56 Å². The van der Waals surface area contributed by atoms with E-state index in [0.29, 0.717) is 11.8 Å². The van der Waals surface area contributed by atoms with Gasteiger partial charge in [0.2, 0.25) is 6.33 Å². The maximum absolute atomic E-state index is 10.9. The molecule has 0 atom stereocenters. The lowest BCUT2D eigenvalue weighted by atomic mass is 9.79. The van der Waals surface area contributed by atoms with Gasteiger partial charge in [0.1, 0.15) is 12.4 Å². The molecule has 0 aliphatic carbocycles. The lowest BCUT2D eigenvalue weighted by Gasteiger charge is -2.26. The second-order valence-electron chi connectivity index (χ2n) is 8.75. The predicted octanol–water partition coefficient (Wildman–Crippen LogP) is 4.65. The number of rotatable bonds is 2. The summed E-state index contributed by atoms with van der Waals surface area (Å²) in [6, 6.07) is 4.65. The van der Waals surface area contributed by atoms with Crippen molar-refractivity contribution in [1.29, 1.82) is 0 Å². The van der Waals surface area contributed by atoms with E-state index >= 15 is 0 Å². The first-order valence-corrected chi connectivity index (χ1v) is 8.38. The fourth-order valence-corrected chi connectivity index (χ4v) is 2.64. The summed E-state index contributed by atoms with van der Waals surface area (Å²) < 4.78 is 4.15. The summed E-state index contributed by atoms with van der Waals surface area (Å²) in [4.78, 5) is 0. The molecular weight excluding hydrogens is 284 g/mol. The maximum atomic E-state index is 10.9. The Bertz CT molecular complexity index is 697. The van der Waals surface area contributed by atoms with E-state index in [-0.39, 0.29) is 10.8 Å². The van der Waals surface area contributed by atoms with E-state index in [9.17, 15) is 5.11 Å². The number of nitrogens with zero attached hydrogens (tertiary/aromatic N) is 2. The van der Waals surface area contributed by atoms with E-state index in [2.05, 4.69) is 72.1 Å². The molecule has 3 nitrogen and oxygen atoms in total. The van der Waals surface area contributed by atoms with Gasteiger partial charge in [0.15, 0.2) is 11.4 Å². The monoisotopic (exact) mass is 315 g/mol. The molecule has 3 heteroatoms. The van der Waals surface area contributed by atoms with Gasteiger partial charge in [-0.25, -0.2) is 4.57 Å². The van der Waals surface area contributed by atoms with Gasteiger partial charge in [-0.2, -0.15) is 4.57 Å². The molecule has 2 aromatic rings. The quantitative estimate of drug-likeness (QED) is 0.803. The standard InChI is InChI=1S/C20H30N2O/c1-14(2)21-9-10-22(13-21)17-12-15(19(3,4)5)11-16(18(17)23)20(6,7)8/h9-14H,1-8H3/p+1. The number of phenols is 1. The lowest BCUT2D eigenvalue weighted by Crippen LogP contribution is -2.33. The van der Waals surface area contributed by atoms with Crippen LogP contribution in [0.15, 0.2) is 30.9 Å². The molecule has 1 heterocycles. The minimum absolute atomic E-state index is 0.0314. The molecule has 0 unspecified atom stereocenters. The molecule has 1 aromatic carbocycles. The van der Waals surface area contributed by atoms with Crippen molar-refractivity contribution in [1.82, 2.24) is 4.57 Å². The zero-order chi connectivity index (χ0) is 17.6. The molecule has 0 radical (unpaired) electrons. The molecule has 1 N–H and O–H groups in total. The highest BCUT2D eigenvalue weighted by molar-refractivity contribution is 5.56. The zero-order valence-electron chi connectivity index (χ0n) is 15.8. The zero-order valence-corrected chi connectivity index (χ0v) is 15.8. The van der Waals surface area contributed by atoms with Crippen LogP contribution in [0.25, 0.3) is 5.69 Å². The molecule has 0 aliphatic heterocycles. The third-order valence-electron chi connectivity index (χ3n) is 4.30. The molecule has 0 saturated heterocycles. The molecule has 0 amide bonds. The molecule has 126 valence electrons. The van der Waals surface area contributed by atoms with Crippen LogP contribution in [0.4, 0.5) is 0 Å². The van der Waals surface area contributed by atoms with Crippen LogP contribution >= 0.6 is 0 Å². The second-order valence-corrected chi connectivity index (χ2v) is 8.75. The molecule has 2 rings (SSSR count). The summed E-state index contributed by atoms with van der Waals surface area (Å²) in [6.45, 7) is 17.3. The Morgan fingerprint density at radius 2 is 1.61 bits per heavy atom. The van der Waals surface area contributed by atoms with Crippen molar-refractivity contribution in [2.24, 2.45) is 0 Å². The Kier molecular flexibility index (Phi) is 4.36. The van der Waals surface area contributed by atoms with E-state index in [1.807, 2.05) is 23.3 Å². The normalized spacial score (nSPS) is 12.9. The number of hydrogen-bond acceptors (Lipinski definition) is 1. The molecule has 0 saturated carbocycles. The van der Waals surface area contributed by atoms with Gasteiger partial charge in [0.25, 0.3) is 0 Å². The van der Waals surface area contributed by atoms with Crippen LogP contribution in [0.2, 0.25) is 0 Å². The topological polar surface area (TPSA) is 29.0 Å². The smallest absolute Gasteiger partial charge is 0.249 e. The average molecular weight is 315 g/mol. The Morgan fingerprint density at radius 3 is 2.04 bits per heavy atom. The number of phenolic OH excluding ortho intramolecular Hbond substituents is 1. The third kappa shape index (κ3) is 3.60. The average Bonchev–Trinajstić information content (AvgIpc) is 2.85. The van der Waals surface area contributed by atoms with Crippen LogP contribution in [-0.2, 0) is 10.8 Å². The summed E-state index contributed by atoms with van der Waals surface area (Å²) in [7, 11) is 0. The highest BCUT2D eigenvalue weighted by Gasteiger charge is 2.27. The first kappa shape index (κ1) is 17.6. The molecule has 1 aromatic heterocycles. The summed E-state index contributed by atoms with van der Waals surface area (Å²) in [5.74, 6) is 0.372. The first-order valence-electron chi connectivity index (χ1n) is 8.38. The highest BCUT2D eigenvalue weighted by atomic mass is 16.3. The summed E-state index contributed by atoms with van der Waals surface area (Å²) >= 11 is 0. The van der Waals surface area contributed by atoms with Gasteiger partial charge in [-0.1, -0.05) is 47.6 Å². The van der Waals surface area contributed by atoms with Gasteiger partial charge >= 0.3 is 0 Å². The van der Waals surface area contributed by atoms with Gasteiger partial charge in [-0.05, 0) is 36.3 Å². The van der Waals surface area contributed by atoms with Crippen molar-refractivity contribution in [2.45, 2.75) is 72.3 Å². The van der Waals surface area contributed by atoms with Crippen molar-refractivity contribution >= 4 is 0 Å². The van der Waals surface area contributed by atoms with Crippen LogP contribution in [0, 0.1) is 0 Å². The minimum atomic E-state index is -0.110. The van der Waals surface area contributed by atoms with E-state index in [1.165, 1.54) is 5.56 Å². The molecule has 0 bridgehead atoms. The maximum Gasteiger partial charge on any atom is 0.249 e. The van der Waals surface area contributed by atoms with Crippen LogP contribution in [0.3, 0.4) is 0 Å². The Labute approximate surface area is 140 Å². The Balaban J connectivity index is 2.71. The lowest BCUT2D eigenvalue weighted by molar-refractivity contribution is -0.715. The predicted molar refractivity (Wildman–Crippen MR) is 95.4 cm³/mol. The molecule has 23 heavy (non-hydrogen) atoms. The number of hydrogen-bond donors (Lipinski definition) is 1. The van der Waals surface area contributed by atoms with E-state index in [0.717, 1.165) is 11.3 Å². The number of aromatic hydroxyl groups is 1. The highest BCUT2D eigenvalue weighted by Crippen LogP contribution is 2.39. The van der Waals surface area contributed by atoms with Gasteiger partial charge in [0.05, 0.1) is 6.04 Å². The Hall–Kier alpha value is -1.77. The fourth-order valence-electron chi connectivity index (χ4n) is 2.64. The van der Waals surface area contributed by atoms with Crippen LogP contribution in [0.1, 0.15) is 72.6 Å². The number of aromatic nitrogens is 2.